The number of piperidine rings is 2. The van der Waals surface area contributed by atoms with E-state index in [0.29, 0.717) is 56.6 Å². The van der Waals surface area contributed by atoms with E-state index >= 15 is 0 Å². The Bertz CT molecular complexity index is 2030. The minimum absolute atomic E-state index is 0.0685. The lowest BCUT2D eigenvalue weighted by Gasteiger charge is -2.38. The van der Waals surface area contributed by atoms with Crippen LogP contribution in [0.1, 0.15) is 67.2 Å². The van der Waals surface area contributed by atoms with Crippen LogP contribution in [-0.4, -0.2) is 101 Å². The van der Waals surface area contributed by atoms with Gasteiger partial charge in [-0.1, -0.05) is 37.3 Å². The summed E-state index contributed by atoms with van der Waals surface area (Å²) in [7, 11) is 1.88. The van der Waals surface area contributed by atoms with Crippen molar-refractivity contribution in [3.05, 3.63) is 77.1 Å². The molecule has 4 aromatic rings. The van der Waals surface area contributed by atoms with Crippen molar-refractivity contribution < 1.29 is 31.5 Å². The van der Waals surface area contributed by atoms with Gasteiger partial charge in [0.2, 0.25) is 11.9 Å². The van der Waals surface area contributed by atoms with E-state index in [1.54, 1.807) is 0 Å². The van der Waals surface area contributed by atoms with Crippen LogP contribution in [0.3, 0.4) is 0 Å². The third-order valence-electron chi connectivity index (χ3n) is 11.3. The first-order chi connectivity index (χ1) is 26.8. The van der Waals surface area contributed by atoms with E-state index in [2.05, 4.69) is 61.8 Å². The van der Waals surface area contributed by atoms with Crippen LogP contribution in [0.5, 0.6) is 0 Å². The maximum atomic E-state index is 12.8. The number of anilines is 2. The largest absolute Gasteiger partial charge is 0.771 e. The number of carbonyl (C=O) groups excluding carboxylic acids is 2. The zero-order chi connectivity index (χ0) is 39.6. The van der Waals surface area contributed by atoms with E-state index in [1.807, 2.05) is 34.8 Å². The van der Waals surface area contributed by atoms with Gasteiger partial charge in [0.15, 0.2) is 5.82 Å². The molecule has 0 aliphatic carbocycles. The summed E-state index contributed by atoms with van der Waals surface area (Å²) < 4.78 is 65.0. The summed E-state index contributed by atoms with van der Waals surface area (Å²) in [6.45, 7) is 6.64. The summed E-state index contributed by atoms with van der Waals surface area (Å²) in [5.41, 5.74) is 3.49. The second-order valence-corrected chi connectivity index (χ2v) is 16.4. The topological polar surface area (TPSA) is 152 Å². The lowest BCUT2D eigenvalue weighted by atomic mass is 9.88. The molecule has 7 rings (SSSR count). The number of hydrogen-bond donors (Lipinski definition) is 2. The van der Waals surface area contributed by atoms with E-state index in [-0.39, 0.29) is 24.3 Å². The van der Waals surface area contributed by atoms with E-state index in [4.69, 9.17) is 0 Å². The van der Waals surface area contributed by atoms with E-state index in [0.717, 1.165) is 67.8 Å². The first-order valence-electron chi connectivity index (χ1n) is 19.2. The quantitative estimate of drug-likeness (QED) is 0.183. The highest BCUT2D eigenvalue weighted by Gasteiger charge is 2.32. The van der Waals surface area contributed by atoms with Gasteiger partial charge in [-0.25, -0.2) is 14.8 Å². The number of likely N-dealkylation sites (tertiary alicyclic amines) is 2. The summed E-state index contributed by atoms with van der Waals surface area (Å²) in [5.74, 6) is 1.30. The molecule has 5 heterocycles. The Kier molecular flexibility index (Phi) is 12.0. The number of amides is 3. The lowest BCUT2D eigenvalue weighted by molar-refractivity contribution is -0.138. The normalized spacial score (nSPS) is 19.9. The van der Waals surface area contributed by atoms with Crippen LogP contribution in [0.2, 0.25) is 0 Å². The molecule has 3 saturated heterocycles. The molecule has 2 aromatic heterocycles. The number of benzene rings is 2. The van der Waals surface area contributed by atoms with Crippen molar-refractivity contribution in [2.45, 2.75) is 75.4 Å². The molecule has 2 N–H and O–H groups in total. The van der Waals surface area contributed by atoms with Gasteiger partial charge >= 0.3 is 12.2 Å². The number of carbonyl (C=O) groups is 2. The van der Waals surface area contributed by atoms with Crippen LogP contribution in [-0.2, 0) is 41.9 Å². The summed E-state index contributed by atoms with van der Waals surface area (Å²) in [6, 6.07) is 14.1. The number of aryl methyl sites for hydroxylation is 1. The predicted octanol–water partition coefficient (Wildman–Crippen LogP) is 5.21. The monoisotopic (exact) mass is 794 g/mol. The van der Waals surface area contributed by atoms with Crippen molar-refractivity contribution in [1.82, 2.24) is 34.9 Å². The number of nitrogens with one attached hydrogen (secondary N) is 2. The number of alkyl halides is 3. The standard InChI is InChI=1S/C39H48F3N9O4S/c1-25(24-49-14-9-28(10-15-49)29-7-8-32-33(21-29)48(2)47-36(32)51-18-13-34(52)46-38(51)53)19-26-3-5-27(6-4-26)20-35(56(54)55)50-16-11-31(12-17-50)45-37-43-22-30(23-44-37)39(40,41)42/h3-8,21-23,25,28,31,35H,9-20,24H2,1-2H3,(H,54,55)(H,43,44,45)(H,46,52,53)/p-1/t25?,35-/m0/s1. The van der Waals surface area contributed by atoms with Crippen LogP contribution in [0, 0.1) is 5.92 Å². The molecule has 0 bridgehead atoms. The number of fused-ring (bicyclic) bond motifs is 1. The Labute approximate surface area is 326 Å². The maximum absolute atomic E-state index is 12.8. The van der Waals surface area contributed by atoms with Gasteiger partial charge in [-0.05, 0) is 103 Å². The summed E-state index contributed by atoms with van der Waals surface area (Å²) in [5, 5.41) is 10.3. The van der Waals surface area contributed by atoms with E-state index in [1.165, 1.54) is 16.0 Å². The minimum Gasteiger partial charge on any atom is -0.771 e. The second-order valence-electron chi connectivity index (χ2n) is 15.3. The Morgan fingerprint density at radius 1 is 0.946 bits per heavy atom. The molecular weight excluding hydrogens is 748 g/mol. The molecule has 2 aromatic carbocycles. The van der Waals surface area contributed by atoms with E-state index in [9.17, 15) is 31.5 Å². The molecule has 3 atom stereocenters. The summed E-state index contributed by atoms with van der Waals surface area (Å²) in [4.78, 5) is 37.7. The first-order valence-corrected chi connectivity index (χ1v) is 20.3. The van der Waals surface area contributed by atoms with Gasteiger partial charge in [0.05, 0.1) is 16.5 Å². The minimum atomic E-state index is -4.50. The lowest BCUT2D eigenvalue weighted by Crippen LogP contribution is -2.49. The average Bonchev–Trinajstić information content (AvgIpc) is 3.49. The number of rotatable bonds is 12. The molecule has 3 amide bonds. The Balaban J connectivity index is 0.857. The summed E-state index contributed by atoms with van der Waals surface area (Å²) in [6.07, 6.45) is 1.89. The van der Waals surface area contributed by atoms with Gasteiger partial charge in [-0.15, -0.1) is 0 Å². The highest BCUT2D eigenvalue weighted by molar-refractivity contribution is 7.79. The fraction of sp³-hybridized carbons (Fsp3) is 0.513. The molecule has 0 saturated carbocycles. The third kappa shape index (κ3) is 9.39. The number of urea groups is 1. The van der Waals surface area contributed by atoms with Crippen molar-refractivity contribution >= 4 is 45.7 Å². The van der Waals surface area contributed by atoms with Crippen molar-refractivity contribution in [2.24, 2.45) is 13.0 Å². The van der Waals surface area contributed by atoms with Gasteiger partial charge in [0.1, 0.15) is 0 Å². The molecule has 17 heteroatoms. The fourth-order valence-electron chi connectivity index (χ4n) is 8.23. The number of nitrogens with zero attached hydrogens (tertiary/aromatic N) is 7. The third-order valence-corrected chi connectivity index (χ3v) is 12.2. The highest BCUT2D eigenvalue weighted by Crippen LogP contribution is 2.34. The highest BCUT2D eigenvalue weighted by atomic mass is 32.2. The van der Waals surface area contributed by atoms with Crippen LogP contribution < -0.4 is 15.5 Å². The number of imide groups is 1. The zero-order valence-electron chi connectivity index (χ0n) is 31.5. The average molecular weight is 795 g/mol. The van der Waals surface area contributed by atoms with Crippen molar-refractivity contribution in [1.29, 1.82) is 0 Å². The molecule has 300 valence electrons. The smallest absolute Gasteiger partial charge is 0.419 e. The number of halogens is 3. The molecule has 3 fully saturated rings. The Hall–Kier alpha value is -4.45. The molecule has 2 unspecified atom stereocenters. The van der Waals surface area contributed by atoms with Crippen LogP contribution in [0.15, 0.2) is 54.9 Å². The van der Waals surface area contributed by atoms with Crippen molar-refractivity contribution in [3.63, 3.8) is 0 Å². The SMILES string of the molecule is CC(Cc1ccc(C[C@@H](N2CCC(Nc3ncc(C(F)(F)F)cn3)CC2)S(=O)[O-])cc1)CN1CCC(c2ccc3c(N4CCC(=O)NC4=O)nn(C)c3c2)CC1. The van der Waals surface area contributed by atoms with Crippen molar-refractivity contribution in [3.8, 4) is 0 Å². The fourth-order valence-corrected chi connectivity index (χ4v) is 9.01. The van der Waals surface area contributed by atoms with Crippen molar-refractivity contribution in [2.75, 3.05) is 49.5 Å². The van der Waals surface area contributed by atoms with E-state index < -0.39 is 34.2 Å². The molecular formula is C39H47F3N9O4S-. The molecule has 13 nitrogen and oxygen atoms in total. The molecule has 3 aliphatic heterocycles. The zero-order valence-corrected chi connectivity index (χ0v) is 32.3. The molecule has 3 aliphatic rings. The Morgan fingerprint density at radius 2 is 1.61 bits per heavy atom. The maximum Gasteiger partial charge on any atom is 0.419 e. The van der Waals surface area contributed by atoms with Gasteiger partial charge in [0, 0.05) is 63.5 Å². The number of hydrogen-bond acceptors (Lipinski definition) is 10. The molecule has 0 radical (unpaired) electrons. The summed E-state index contributed by atoms with van der Waals surface area (Å²) >= 11 is -2.32. The van der Waals surface area contributed by atoms with Gasteiger partial charge in [-0.2, -0.15) is 18.3 Å². The van der Waals surface area contributed by atoms with Crippen LogP contribution >= 0.6 is 0 Å². The second kappa shape index (κ2) is 17.0. The molecule has 56 heavy (non-hydrogen) atoms. The van der Waals surface area contributed by atoms with Crippen LogP contribution in [0.25, 0.3) is 10.9 Å². The Morgan fingerprint density at radius 3 is 2.23 bits per heavy atom. The molecule has 0 spiro atoms. The van der Waals surface area contributed by atoms with Crippen LogP contribution in [0.4, 0.5) is 29.7 Å². The van der Waals surface area contributed by atoms with Gasteiger partial charge < -0.3 is 14.8 Å². The van der Waals surface area contributed by atoms with Gasteiger partial charge in [0.25, 0.3) is 0 Å². The van der Waals surface area contributed by atoms with Gasteiger partial charge in [-0.3, -0.25) is 28.8 Å². The first kappa shape index (κ1) is 39.8. The predicted molar refractivity (Wildman–Crippen MR) is 206 cm³/mol. The number of aromatic nitrogens is 4.